The molecular weight excluding hydrogens is 183 g/mol. The highest BCUT2D eigenvalue weighted by atomic mass is 19.1. The van der Waals surface area contributed by atoms with Gasteiger partial charge >= 0.3 is 0 Å². The van der Waals surface area contributed by atoms with Crippen molar-refractivity contribution in [1.82, 2.24) is 0 Å². The fraction of sp³-hybridized carbons (Fsp3) is 0.455. The Hall–Kier alpha value is -1.09. The van der Waals surface area contributed by atoms with Gasteiger partial charge < -0.3 is 9.47 Å². The van der Waals surface area contributed by atoms with Gasteiger partial charge in [-0.3, -0.25) is 0 Å². The molecule has 0 saturated carbocycles. The molecule has 0 spiro atoms. The van der Waals surface area contributed by atoms with Crippen molar-refractivity contribution in [2.75, 3.05) is 6.61 Å². The van der Waals surface area contributed by atoms with Gasteiger partial charge in [0.05, 0.1) is 6.61 Å². The van der Waals surface area contributed by atoms with Gasteiger partial charge in [-0.25, -0.2) is 4.39 Å². The van der Waals surface area contributed by atoms with Crippen LogP contribution in [0.2, 0.25) is 0 Å². The van der Waals surface area contributed by atoms with Crippen LogP contribution in [-0.2, 0) is 11.2 Å². The maximum atomic E-state index is 12.9. The van der Waals surface area contributed by atoms with E-state index in [0.717, 1.165) is 30.8 Å². The molecule has 0 aromatic heterocycles. The summed E-state index contributed by atoms with van der Waals surface area (Å²) in [6.45, 7) is 0.807. The zero-order chi connectivity index (χ0) is 9.54. The molecule has 2 heterocycles. The maximum absolute atomic E-state index is 12.9. The Morgan fingerprint density at radius 1 is 1.29 bits per heavy atom. The van der Waals surface area contributed by atoms with Crippen LogP contribution in [0, 0.1) is 5.82 Å². The first kappa shape index (κ1) is 8.24. The molecule has 2 aliphatic rings. The van der Waals surface area contributed by atoms with Crippen LogP contribution in [0.25, 0.3) is 0 Å². The molecular formula is C11H11FO2. The molecule has 0 aliphatic carbocycles. The second-order valence-corrected chi connectivity index (χ2v) is 3.82. The molecule has 0 radical (unpaired) electrons. The van der Waals surface area contributed by atoms with Crippen LogP contribution in [0.3, 0.4) is 0 Å². The van der Waals surface area contributed by atoms with Crippen LogP contribution in [0.15, 0.2) is 18.2 Å². The molecule has 0 amide bonds. The first-order valence-electron chi connectivity index (χ1n) is 4.89. The van der Waals surface area contributed by atoms with Crippen LogP contribution in [0.4, 0.5) is 4.39 Å². The summed E-state index contributed by atoms with van der Waals surface area (Å²) in [6, 6.07) is 4.70. The van der Waals surface area contributed by atoms with E-state index in [4.69, 9.17) is 9.47 Å². The first-order valence-corrected chi connectivity index (χ1v) is 4.89. The Morgan fingerprint density at radius 3 is 2.93 bits per heavy atom. The summed E-state index contributed by atoms with van der Waals surface area (Å²) >= 11 is 0. The number of benzene rings is 1. The van der Waals surface area contributed by atoms with E-state index in [1.165, 1.54) is 6.07 Å². The second-order valence-electron chi connectivity index (χ2n) is 3.82. The Balaban J connectivity index is 1.86. The Morgan fingerprint density at radius 2 is 2.14 bits per heavy atom. The molecule has 3 rings (SSSR count). The zero-order valence-corrected chi connectivity index (χ0v) is 7.70. The van der Waals surface area contributed by atoms with Crippen molar-refractivity contribution in [2.45, 2.75) is 25.0 Å². The van der Waals surface area contributed by atoms with Crippen LogP contribution >= 0.6 is 0 Å². The summed E-state index contributed by atoms with van der Waals surface area (Å²) < 4.78 is 23.8. The molecule has 2 atom stereocenters. The average molecular weight is 194 g/mol. The Bertz CT molecular complexity index is 360. The fourth-order valence-corrected chi connectivity index (χ4v) is 1.91. The smallest absolute Gasteiger partial charge is 0.127 e. The van der Waals surface area contributed by atoms with Crippen molar-refractivity contribution in [2.24, 2.45) is 0 Å². The van der Waals surface area contributed by atoms with Crippen molar-refractivity contribution >= 4 is 0 Å². The molecule has 14 heavy (non-hydrogen) atoms. The molecule has 0 unspecified atom stereocenters. The lowest BCUT2D eigenvalue weighted by Crippen LogP contribution is -2.27. The quantitative estimate of drug-likeness (QED) is 0.637. The Kier molecular flexibility index (Phi) is 1.74. The van der Waals surface area contributed by atoms with Crippen molar-refractivity contribution in [3.8, 4) is 5.75 Å². The van der Waals surface area contributed by atoms with Gasteiger partial charge in [0.2, 0.25) is 0 Å². The molecule has 1 aromatic rings. The van der Waals surface area contributed by atoms with E-state index in [-0.39, 0.29) is 18.0 Å². The van der Waals surface area contributed by atoms with Gasteiger partial charge in [-0.1, -0.05) is 0 Å². The highest BCUT2D eigenvalue weighted by molar-refractivity contribution is 5.36. The number of fused-ring (bicyclic) bond motifs is 1. The van der Waals surface area contributed by atoms with E-state index in [1.54, 1.807) is 12.1 Å². The number of aryl methyl sites for hydroxylation is 1. The Labute approximate surface area is 81.6 Å². The van der Waals surface area contributed by atoms with E-state index < -0.39 is 0 Å². The van der Waals surface area contributed by atoms with E-state index in [1.807, 2.05) is 0 Å². The monoisotopic (exact) mass is 194 g/mol. The third-order valence-corrected chi connectivity index (χ3v) is 2.77. The number of hydrogen-bond donors (Lipinski definition) is 0. The lowest BCUT2D eigenvalue weighted by atomic mass is 10.0. The van der Waals surface area contributed by atoms with Gasteiger partial charge in [0.25, 0.3) is 0 Å². The standard InChI is InChI=1S/C11H11FO2/c12-8-2-4-9-7(5-8)1-3-10(14-9)11-6-13-11/h2,4-5,10-11H,1,3,6H2/t10-,11+/m0/s1. The molecule has 1 fully saturated rings. The minimum Gasteiger partial charge on any atom is -0.487 e. The van der Waals surface area contributed by atoms with E-state index in [2.05, 4.69) is 0 Å². The van der Waals surface area contributed by atoms with Gasteiger partial charge in [-0.05, 0) is 36.6 Å². The molecule has 2 nitrogen and oxygen atoms in total. The summed E-state index contributed by atoms with van der Waals surface area (Å²) in [5, 5.41) is 0. The van der Waals surface area contributed by atoms with Crippen molar-refractivity contribution in [3.05, 3.63) is 29.6 Å². The number of hydrogen-bond acceptors (Lipinski definition) is 2. The van der Waals surface area contributed by atoms with E-state index in [9.17, 15) is 4.39 Å². The molecule has 74 valence electrons. The highest BCUT2D eigenvalue weighted by Crippen LogP contribution is 2.32. The molecule has 2 aliphatic heterocycles. The summed E-state index contributed by atoms with van der Waals surface area (Å²) in [7, 11) is 0. The van der Waals surface area contributed by atoms with Gasteiger partial charge in [0.15, 0.2) is 0 Å². The lowest BCUT2D eigenvalue weighted by Gasteiger charge is -2.24. The average Bonchev–Trinajstić information content (AvgIpc) is 3.00. The largest absolute Gasteiger partial charge is 0.487 e. The minimum atomic E-state index is -0.187. The zero-order valence-electron chi connectivity index (χ0n) is 7.70. The van der Waals surface area contributed by atoms with Gasteiger partial charge in [-0.2, -0.15) is 0 Å². The summed E-state index contributed by atoms with van der Waals surface area (Å²) in [5.74, 6) is 0.631. The van der Waals surface area contributed by atoms with Crippen molar-refractivity contribution in [1.29, 1.82) is 0 Å². The predicted octanol–water partition coefficient (Wildman–Crippen LogP) is 1.92. The number of epoxide rings is 1. The number of ether oxygens (including phenoxy) is 2. The second kappa shape index (κ2) is 2.95. The third-order valence-electron chi connectivity index (χ3n) is 2.77. The fourth-order valence-electron chi connectivity index (χ4n) is 1.91. The van der Waals surface area contributed by atoms with Crippen molar-refractivity contribution in [3.63, 3.8) is 0 Å². The highest BCUT2D eigenvalue weighted by Gasteiger charge is 2.36. The molecule has 0 bridgehead atoms. The van der Waals surface area contributed by atoms with Crippen LogP contribution in [0.1, 0.15) is 12.0 Å². The van der Waals surface area contributed by atoms with Gasteiger partial charge in [0, 0.05) is 0 Å². The van der Waals surface area contributed by atoms with Crippen LogP contribution < -0.4 is 4.74 Å². The maximum Gasteiger partial charge on any atom is 0.127 e. The van der Waals surface area contributed by atoms with E-state index in [0.29, 0.717) is 0 Å². The summed E-state index contributed by atoms with van der Waals surface area (Å²) in [5.41, 5.74) is 0.974. The van der Waals surface area contributed by atoms with Crippen molar-refractivity contribution < 1.29 is 13.9 Å². The predicted molar refractivity (Wildman–Crippen MR) is 48.9 cm³/mol. The van der Waals surface area contributed by atoms with Gasteiger partial charge in [0.1, 0.15) is 23.8 Å². The summed E-state index contributed by atoms with van der Waals surface area (Å²) in [6.07, 6.45) is 2.26. The first-order chi connectivity index (χ1) is 6.83. The molecule has 1 saturated heterocycles. The van der Waals surface area contributed by atoms with Gasteiger partial charge in [-0.15, -0.1) is 0 Å². The normalized spacial score (nSPS) is 29.2. The van der Waals surface area contributed by atoms with E-state index >= 15 is 0 Å². The molecule has 1 aromatic carbocycles. The topological polar surface area (TPSA) is 21.8 Å². The lowest BCUT2D eigenvalue weighted by molar-refractivity contribution is 0.136. The third kappa shape index (κ3) is 1.38. The molecule has 0 N–H and O–H groups in total. The number of rotatable bonds is 1. The number of halogens is 1. The van der Waals surface area contributed by atoms with Crippen LogP contribution in [-0.4, -0.2) is 18.8 Å². The minimum absolute atomic E-state index is 0.174. The summed E-state index contributed by atoms with van der Waals surface area (Å²) in [4.78, 5) is 0. The molecule has 3 heteroatoms. The SMILES string of the molecule is Fc1ccc2c(c1)CC[C@@H]([C@H]1CO1)O2. The van der Waals surface area contributed by atoms with Crippen LogP contribution in [0.5, 0.6) is 5.75 Å².